The van der Waals surface area contributed by atoms with E-state index in [1.165, 1.54) is 0 Å². The van der Waals surface area contributed by atoms with Gasteiger partial charge in [0, 0.05) is 60.8 Å². The third-order valence-electron chi connectivity index (χ3n) is 8.97. The van der Waals surface area contributed by atoms with Gasteiger partial charge >= 0.3 is 0 Å². The third kappa shape index (κ3) is 6.94. The number of ether oxygens (including phenoxy) is 2. The summed E-state index contributed by atoms with van der Waals surface area (Å²) < 4.78 is 11.5. The fourth-order valence-electron chi connectivity index (χ4n) is 6.62. The van der Waals surface area contributed by atoms with Crippen LogP contribution in [-0.4, -0.2) is 60.5 Å². The summed E-state index contributed by atoms with van der Waals surface area (Å²) in [4.78, 5) is 21.7. The van der Waals surface area contributed by atoms with Crippen LogP contribution < -0.4 is 5.32 Å². The molecule has 0 aliphatic carbocycles. The maximum absolute atomic E-state index is 5.77. The van der Waals surface area contributed by atoms with E-state index < -0.39 is 0 Å². The zero-order chi connectivity index (χ0) is 34.3. The Balaban J connectivity index is 1.42. The molecule has 0 amide bonds. The molecule has 50 heavy (non-hydrogen) atoms. The molecule has 5 aliphatic heterocycles. The smallest absolute Gasteiger partial charge is 0.121 e. The molecule has 5 aliphatic rings. The van der Waals surface area contributed by atoms with Crippen molar-refractivity contribution >= 4 is 28.3 Å². The summed E-state index contributed by atoms with van der Waals surface area (Å²) in [6, 6.07) is 14.8. The second-order valence-electron chi connectivity index (χ2n) is 12.4. The maximum Gasteiger partial charge on any atom is 0.121 e. The lowest BCUT2D eigenvalue weighted by molar-refractivity contribution is 0.160. The molecule has 8 heteroatoms. The summed E-state index contributed by atoms with van der Waals surface area (Å²) in [5, 5.41) is 3.44. The Morgan fingerprint density at radius 1 is 0.680 bits per heavy atom. The second-order valence-corrected chi connectivity index (χ2v) is 12.4. The highest BCUT2D eigenvalue weighted by atomic mass is 16.5. The van der Waals surface area contributed by atoms with Crippen molar-refractivity contribution in [3.8, 4) is 0 Å². The van der Waals surface area contributed by atoms with E-state index in [4.69, 9.17) is 24.5 Å². The molecule has 0 fully saturated rings. The van der Waals surface area contributed by atoms with E-state index >= 15 is 0 Å². The molecule has 0 saturated carbocycles. The molecule has 1 aromatic heterocycles. The van der Waals surface area contributed by atoms with Crippen LogP contribution in [0, 0.1) is 0 Å². The first-order chi connectivity index (χ1) is 24.6. The highest BCUT2D eigenvalue weighted by Crippen LogP contribution is 2.36. The first kappa shape index (κ1) is 33.0. The summed E-state index contributed by atoms with van der Waals surface area (Å²) in [7, 11) is 2.03. The molecule has 252 valence electrons. The molecule has 7 rings (SSSR count). The van der Waals surface area contributed by atoms with Crippen LogP contribution in [0.15, 0.2) is 166 Å². The number of rotatable bonds is 13. The van der Waals surface area contributed by atoms with Gasteiger partial charge in [0.1, 0.15) is 5.82 Å². The Kier molecular flexibility index (Phi) is 10.1. The highest BCUT2D eigenvalue weighted by Gasteiger charge is 2.28. The van der Waals surface area contributed by atoms with Crippen molar-refractivity contribution in [2.24, 2.45) is 15.0 Å². The van der Waals surface area contributed by atoms with Crippen molar-refractivity contribution in [3.63, 3.8) is 0 Å². The lowest BCUT2D eigenvalue weighted by Gasteiger charge is -2.17. The molecule has 0 saturated heterocycles. The highest BCUT2D eigenvalue weighted by molar-refractivity contribution is 6.34. The van der Waals surface area contributed by atoms with Crippen molar-refractivity contribution in [3.05, 3.63) is 168 Å². The number of benzene rings is 1. The summed E-state index contributed by atoms with van der Waals surface area (Å²) in [5.41, 5.74) is 12.6. The van der Waals surface area contributed by atoms with Gasteiger partial charge in [0.2, 0.25) is 0 Å². The van der Waals surface area contributed by atoms with Crippen LogP contribution in [0.5, 0.6) is 0 Å². The zero-order valence-corrected chi connectivity index (χ0v) is 28.5. The van der Waals surface area contributed by atoms with Gasteiger partial charge in [-0.1, -0.05) is 42.5 Å². The van der Waals surface area contributed by atoms with E-state index in [0.29, 0.717) is 26.4 Å². The molecule has 0 spiro atoms. The van der Waals surface area contributed by atoms with Crippen molar-refractivity contribution in [2.75, 3.05) is 33.5 Å². The molecule has 8 bridgehead atoms. The number of aromatic nitrogens is 1. The molecule has 1 aromatic carbocycles. The molecule has 0 radical (unpaired) electrons. The number of allylic oxidation sites excluding steroid dienone is 9. The van der Waals surface area contributed by atoms with Gasteiger partial charge in [-0.05, 0) is 79.8 Å². The first-order valence-electron chi connectivity index (χ1n) is 17.2. The molecule has 2 N–H and O–H groups in total. The van der Waals surface area contributed by atoms with Gasteiger partial charge in [0.15, 0.2) is 0 Å². The van der Waals surface area contributed by atoms with Gasteiger partial charge in [-0.15, -0.1) is 13.2 Å². The van der Waals surface area contributed by atoms with Crippen LogP contribution >= 0.6 is 0 Å². The van der Waals surface area contributed by atoms with Crippen molar-refractivity contribution in [1.82, 2.24) is 15.2 Å². The van der Waals surface area contributed by atoms with Crippen molar-refractivity contribution < 1.29 is 9.47 Å². The van der Waals surface area contributed by atoms with Gasteiger partial charge in [0.25, 0.3) is 0 Å². The zero-order valence-electron chi connectivity index (χ0n) is 28.5. The topological polar surface area (TPSA) is 86.6 Å². The van der Waals surface area contributed by atoms with Crippen LogP contribution in [0.2, 0.25) is 0 Å². The number of H-pyrrole nitrogens is 1. The largest absolute Gasteiger partial charge is 0.377 e. The molecule has 6 heterocycles. The number of hydrogen-bond acceptors (Lipinski definition) is 7. The van der Waals surface area contributed by atoms with Gasteiger partial charge in [-0.25, -0.2) is 15.0 Å². The molecular weight excluding hydrogens is 621 g/mol. The van der Waals surface area contributed by atoms with Gasteiger partial charge < -0.3 is 24.7 Å². The van der Waals surface area contributed by atoms with Gasteiger partial charge in [-0.2, -0.15) is 0 Å². The summed E-state index contributed by atoms with van der Waals surface area (Å²) in [6.07, 6.45) is 23.4. The lowest BCUT2D eigenvalue weighted by Crippen LogP contribution is -2.23. The van der Waals surface area contributed by atoms with Crippen LogP contribution in [0.1, 0.15) is 42.6 Å². The standard InChI is InChI=1S/C42H42N6O2/c1-4-25-49-27-9-13-30-32-15-19-36(44-32)40(29-11-7-6-8-12-29)37-20-16-33(45-37)31(14-10-28-50-26-5-2)35-18-22-39(47-35)41(38-21-17-34(30)46-38)42-43-23-24-48(42)3/h4-8,11-12,15-24,43-44H,1-2,9-10,13-14,25-28H2,3H3/b34-30?,35-31?,40-37?,42-41+. The Hall–Kier alpha value is -5.57. The average molecular weight is 663 g/mol. The number of hydrogen-bond donors (Lipinski definition) is 2. The minimum absolute atomic E-state index is 0.531. The Bertz CT molecular complexity index is 2020. The quantitative estimate of drug-likeness (QED) is 0.168. The van der Waals surface area contributed by atoms with Crippen molar-refractivity contribution in [1.29, 1.82) is 0 Å². The average Bonchev–Trinajstić information content (AvgIpc) is 3.99. The Morgan fingerprint density at radius 3 is 1.94 bits per heavy atom. The number of aromatic amines is 1. The maximum atomic E-state index is 5.77. The molecular formula is C42H42N6O2. The van der Waals surface area contributed by atoms with Crippen LogP contribution in [0.25, 0.3) is 11.1 Å². The molecule has 2 aromatic rings. The fraction of sp³-hybridized carbons (Fsp3) is 0.214. The number of aliphatic imine (C=N–C) groups is 3. The number of fused-ring (bicyclic) bond motifs is 5. The van der Waals surface area contributed by atoms with Crippen LogP contribution in [0.4, 0.5) is 0 Å². The minimum Gasteiger partial charge on any atom is -0.377 e. The van der Waals surface area contributed by atoms with E-state index in [9.17, 15) is 0 Å². The predicted molar refractivity (Wildman–Crippen MR) is 204 cm³/mol. The number of nitrogens with zero attached hydrogens (tertiary/aromatic N) is 4. The van der Waals surface area contributed by atoms with E-state index in [0.717, 1.165) is 105 Å². The lowest BCUT2D eigenvalue weighted by atomic mass is 10.0. The van der Waals surface area contributed by atoms with E-state index in [2.05, 4.69) is 101 Å². The van der Waals surface area contributed by atoms with Crippen LogP contribution in [0.3, 0.4) is 0 Å². The Labute approximate surface area is 294 Å². The second kappa shape index (κ2) is 15.3. The van der Waals surface area contributed by atoms with Crippen LogP contribution in [-0.2, 0) is 9.47 Å². The molecule has 0 atom stereocenters. The van der Waals surface area contributed by atoms with E-state index in [1.807, 2.05) is 25.5 Å². The van der Waals surface area contributed by atoms with Gasteiger partial charge in [0.05, 0.1) is 53.0 Å². The third-order valence-corrected chi connectivity index (χ3v) is 8.97. The number of nitrogens with one attached hydrogen (secondary N) is 2. The van der Waals surface area contributed by atoms with Gasteiger partial charge in [-0.3, -0.25) is 0 Å². The SMILES string of the molecule is C=CCOCCCC1=C2C=CC(=N2)/C(=C2\NC=CN2C)C2=NC(=C(CCCOCC=C)c3ccc([nH]3)C(c3ccccc3)=C3C=CC1=N3)C=C2. The van der Waals surface area contributed by atoms with Crippen molar-refractivity contribution in [2.45, 2.75) is 25.7 Å². The van der Waals surface area contributed by atoms with E-state index in [1.54, 1.807) is 12.2 Å². The normalized spacial score (nSPS) is 19.1. The molecule has 0 unspecified atom stereocenters. The predicted octanol–water partition coefficient (Wildman–Crippen LogP) is 7.97. The Morgan fingerprint density at radius 2 is 1.28 bits per heavy atom. The summed E-state index contributed by atoms with van der Waals surface area (Å²) >= 11 is 0. The van der Waals surface area contributed by atoms with E-state index in [-0.39, 0.29) is 0 Å². The fourth-order valence-corrected chi connectivity index (χ4v) is 6.62. The summed E-state index contributed by atoms with van der Waals surface area (Å²) in [5.74, 6) is 0.928. The first-order valence-corrected chi connectivity index (χ1v) is 17.2. The summed E-state index contributed by atoms with van der Waals surface area (Å²) in [6.45, 7) is 9.89. The monoisotopic (exact) mass is 662 g/mol. The minimum atomic E-state index is 0.531. The molecule has 8 nitrogen and oxygen atoms in total.